The standard InChI is InChI=1S/C16H19ClN4O2S/c1-3-9-23-16(22)21-8-4-5-12(21)11-10-14(19-18-11)20(2)15-7-6-13(17)24-15/h3,6-7,10,12H,1,4-5,8-9H2,2H3,(H,18,19). The van der Waals surface area contributed by atoms with Crippen molar-refractivity contribution in [2.45, 2.75) is 18.9 Å². The van der Waals surface area contributed by atoms with Gasteiger partial charge >= 0.3 is 6.09 Å². The van der Waals surface area contributed by atoms with Crippen molar-refractivity contribution >= 4 is 39.8 Å². The number of carbonyl (C=O) groups is 1. The number of nitrogens with one attached hydrogen (secondary N) is 1. The summed E-state index contributed by atoms with van der Waals surface area (Å²) < 4.78 is 5.90. The molecule has 0 saturated carbocycles. The Balaban J connectivity index is 1.74. The molecule has 0 spiro atoms. The molecule has 1 N–H and O–H groups in total. The Bertz CT molecular complexity index is 729. The maximum atomic E-state index is 12.2. The highest BCUT2D eigenvalue weighted by atomic mass is 35.5. The van der Waals surface area contributed by atoms with Crippen LogP contribution in [-0.2, 0) is 4.74 Å². The van der Waals surface area contributed by atoms with Gasteiger partial charge in [-0.1, -0.05) is 24.3 Å². The van der Waals surface area contributed by atoms with Crippen LogP contribution in [0.2, 0.25) is 4.34 Å². The van der Waals surface area contributed by atoms with E-state index < -0.39 is 0 Å². The number of thiophene rings is 1. The lowest BCUT2D eigenvalue weighted by molar-refractivity contribution is 0.107. The molecule has 8 heteroatoms. The van der Waals surface area contributed by atoms with Crippen LogP contribution in [0.1, 0.15) is 24.6 Å². The third-order valence-electron chi connectivity index (χ3n) is 3.99. The quantitative estimate of drug-likeness (QED) is 0.799. The highest BCUT2D eigenvalue weighted by Crippen LogP contribution is 2.36. The third-order valence-corrected chi connectivity index (χ3v) is 5.30. The molecule has 1 amide bonds. The van der Waals surface area contributed by atoms with Crippen LogP contribution in [0.5, 0.6) is 0 Å². The first kappa shape index (κ1) is 16.9. The molecule has 3 heterocycles. The lowest BCUT2D eigenvalue weighted by Crippen LogP contribution is -2.31. The lowest BCUT2D eigenvalue weighted by Gasteiger charge is -2.22. The number of likely N-dealkylation sites (tertiary alicyclic amines) is 1. The first-order valence-electron chi connectivity index (χ1n) is 7.69. The van der Waals surface area contributed by atoms with Crippen LogP contribution in [0.15, 0.2) is 30.9 Å². The average Bonchev–Trinajstić information content (AvgIpc) is 3.30. The maximum absolute atomic E-state index is 12.2. The summed E-state index contributed by atoms with van der Waals surface area (Å²) in [5, 5.41) is 8.43. The number of hydrogen-bond acceptors (Lipinski definition) is 5. The zero-order valence-electron chi connectivity index (χ0n) is 13.4. The van der Waals surface area contributed by atoms with Crippen molar-refractivity contribution in [3.05, 3.63) is 40.9 Å². The number of aromatic amines is 1. The Morgan fingerprint density at radius 3 is 3.21 bits per heavy atom. The fourth-order valence-electron chi connectivity index (χ4n) is 2.79. The number of aromatic nitrogens is 2. The Labute approximate surface area is 149 Å². The molecule has 0 aromatic carbocycles. The number of rotatable bonds is 5. The summed E-state index contributed by atoms with van der Waals surface area (Å²) in [7, 11) is 1.94. The fourth-order valence-corrected chi connectivity index (χ4v) is 3.79. The largest absolute Gasteiger partial charge is 0.445 e. The summed E-state index contributed by atoms with van der Waals surface area (Å²) in [5.74, 6) is 0.787. The van der Waals surface area contributed by atoms with Crippen LogP contribution in [-0.4, -0.2) is 41.4 Å². The van der Waals surface area contributed by atoms with E-state index in [1.54, 1.807) is 11.0 Å². The molecular formula is C16H19ClN4O2S. The predicted octanol–water partition coefficient (Wildman–Crippen LogP) is 4.35. The monoisotopic (exact) mass is 366 g/mol. The third kappa shape index (κ3) is 3.42. The molecule has 1 fully saturated rings. The van der Waals surface area contributed by atoms with Crippen molar-refractivity contribution < 1.29 is 9.53 Å². The Kier molecular flexibility index (Phi) is 5.11. The molecule has 0 aliphatic carbocycles. The molecule has 6 nitrogen and oxygen atoms in total. The molecule has 0 bridgehead atoms. The van der Waals surface area contributed by atoms with Gasteiger partial charge in [-0.2, -0.15) is 5.10 Å². The number of carbonyl (C=O) groups excluding carboxylic acids is 1. The van der Waals surface area contributed by atoms with Gasteiger partial charge in [0.15, 0.2) is 5.82 Å². The van der Waals surface area contributed by atoms with Crippen LogP contribution < -0.4 is 4.90 Å². The van der Waals surface area contributed by atoms with Gasteiger partial charge in [0.2, 0.25) is 0 Å². The molecule has 2 aromatic heterocycles. The van der Waals surface area contributed by atoms with E-state index in [9.17, 15) is 4.79 Å². The van der Waals surface area contributed by atoms with Gasteiger partial charge < -0.3 is 9.64 Å². The van der Waals surface area contributed by atoms with E-state index in [1.807, 2.05) is 30.1 Å². The second-order valence-corrected chi connectivity index (χ2v) is 7.23. The minimum absolute atomic E-state index is 0.0381. The molecule has 0 radical (unpaired) electrons. The second kappa shape index (κ2) is 7.27. The van der Waals surface area contributed by atoms with Crippen molar-refractivity contribution in [1.29, 1.82) is 0 Å². The van der Waals surface area contributed by atoms with Gasteiger partial charge in [0, 0.05) is 19.7 Å². The van der Waals surface area contributed by atoms with Gasteiger partial charge in [-0.25, -0.2) is 4.79 Å². The van der Waals surface area contributed by atoms with Crippen molar-refractivity contribution in [3.8, 4) is 0 Å². The number of anilines is 2. The van der Waals surface area contributed by atoms with Gasteiger partial charge in [0.25, 0.3) is 0 Å². The van der Waals surface area contributed by atoms with Crippen molar-refractivity contribution in [3.63, 3.8) is 0 Å². The normalized spacial score (nSPS) is 17.1. The summed E-state index contributed by atoms with van der Waals surface area (Å²) in [6.07, 6.45) is 3.09. The molecule has 3 rings (SSSR count). The van der Waals surface area contributed by atoms with E-state index in [2.05, 4.69) is 16.8 Å². The minimum Gasteiger partial charge on any atom is -0.445 e. The lowest BCUT2D eigenvalue weighted by atomic mass is 10.1. The molecule has 1 aliphatic rings. The van der Waals surface area contributed by atoms with Crippen LogP contribution in [0.4, 0.5) is 15.6 Å². The maximum Gasteiger partial charge on any atom is 0.410 e. The number of nitrogens with zero attached hydrogens (tertiary/aromatic N) is 3. The molecule has 1 unspecified atom stereocenters. The van der Waals surface area contributed by atoms with Crippen LogP contribution in [0.25, 0.3) is 0 Å². The molecule has 2 aromatic rings. The number of ether oxygens (including phenoxy) is 1. The summed E-state index contributed by atoms with van der Waals surface area (Å²) >= 11 is 7.49. The average molecular weight is 367 g/mol. The van der Waals surface area contributed by atoms with Crippen LogP contribution in [0, 0.1) is 0 Å². The first-order chi connectivity index (χ1) is 11.6. The molecule has 24 heavy (non-hydrogen) atoms. The molecule has 128 valence electrons. The van der Waals surface area contributed by atoms with Crippen LogP contribution in [0.3, 0.4) is 0 Å². The first-order valence-corrected chi connectivity index (χ1v) is 8.88. The second-order valence-electron chi connectivity index (χ2n) is 5.54. The highest BCUT2D eigenvalue weighted by Gasteiger charge is 2.32. The minimum atomic E-state index is -0.313. The van der Waals surface area contributed by atoms with E-state index >= 15 is 0 Å². The summed E-state index contributed by atoms with van der Waals surface area (Å²) in [4.78, 5) is 15.9. The van der Waals surface area contributed by atoms with E-state index in [4.69, 9.17) is 16.3 Å². The summed E-state index contributed by atoms with van der Waals surface area (Å²) in [5.41, 5.74) is 0.910. The molecular weight excluding hydrogens is 348 g/mol. The Hall–Kier alpha value is -1.99. The van der Waals surface area contributed by atoms with Crippen molar-refractivity contribution in [2.75, 3.05) is 25.1 Å². The zero-order valence-corrected chi connectivity index (χ0v) is 14.9. The molecule has 1 aliphatic heterocycles. The van der Waals surface area contributed by atoms with Crippen LogP contribution >= 0.6 is 22.9 Å². The van der Waals surface area contributed by atoms with E-state index in [-0.39, 0.29) is 18.7 Å². The van der Waals surface area contributed by atoms with Crippen molar-refractivity contribution in [2.24, 2.45) is 0 Å². The summed E-state index contributed by atoms with van der Waals surface area (Å²) in [6, 6.07) is 5.75. The van der Waals surface area contributed by atoms with Gasteiger partial charge in [0.1, 0.15) is 6.61 Å². The van der Waals surface area contributed by atoms with Gasteiger partial charge in [-0.15, -0.1) is 11.3 Å². The van der Waals surface area contributed by atoms with E-state index in [0.29, 0.717) is 6.54 Å². The number of H-pyrrole nitrogens is 1. The Morgan fingerprint density at radius 2 is 2.50 bits per heavy atom. The molecule has 1 atom stereocenters. The number of hydrogen-bond donors (Lipinski definition) is 1. The molecule has 1 saturated heterocycles. The number of halogens is 1. The van der Waals surface area contributed by atoms with E-state index in [1.165, 1.54) is 11.3 Å². The van der Waals surface area contributed by atoms with Crippen molar-refractivity contribution in [1.82, 2.24) is 15.1 Å². The van der Waals surface area contributed by atoms with E-state index in [0.717, 1.165) is 33.7 Å². The number of amides is 1. The zero-order chi connectivity index (χ0) is 17.1. The fraction of sp³-hybridized carbons (Fsp3) is 0.375. The summed E-state index contributed by atoms with van der Waals surface area (Å²) in [6.45, 7) is 4.47. The van der Waals surface area contributed by atoms with Gasteiger partial charge in [-0.3, -0.25) is 10.00 Å². The highest BCUT2D eigenvalue weighted by molar-refractivity contribution is 7.20. The Morgan fingerprint density at radius 1 is 1.67 bits per heavy atom. The smallest absolute Gasteiger partial charge is 0.410 e. The SMILES string of the molecule is C=CCOC(=O)N1CCCC1c1cc(N(C)c2ccc(Cl)s2)n[nH]1. The van der Waals surface area contributed by atoms with Gasteiger partial charge in [0.05, 0.1) is 21.1 Å². The topological polar surface area (TPSA) is 61.5 Å². The van der Waals surface area contributed by atoms with Gasteiger partial charge in [-0.05, 0) is 25.0 Å². The predicted molar refractivity (Wildman–Crippen MR) is 96.2 cm³/mol.